The SMILES string of the molecule is O=S(=O)(On1c(O)c(-c2ccccc2)c(-c2ccccc2)c1O)C(F)(F)F. The summed E-state index contributed by atoms with van der Waals surface area (Å²) in [4.78, 5) is 0. The largest absolute Gasteiger partial charge is 0.536 e. The van der Waals surface area contributed by atoms with Crippen molar-refractivity contribution in [3.8, 4) is 34.0 Å². The van der Waals surface area contributed by atoms with Crippen molar-refractivity contribution in [2.45, 2.75) is 5.51 Å². The van der Waals surface area contributed by atoms with Gasteiger partial charge in [0.1, 0.15) is 0 Å². The number of hydrogen-bond donors (Lipinski definition) is 2. The molecule has 2 aromatic carbocycles. The zero-order chi connectivity index (χ0) is 19.8. The van der Waals surface area contributed by atoms with Crippen LogP contribution in [0.1, 0.15) is 0 Å². The Kier molecular flexibility index (Phi) is 4.52. The maximum atomic E-state index is 12.6. The Morgan fingerprint density at radius 3 is 1.48 bits per heavy atom. The van der Waals surface area contributed by atoms with Gasteiger partial charge in [0.2, 0.25) is 11.8 Å². The summed E-state index contributed by atoms with van der Waals surface area (Å²) in [6, 6.07) is 15.9. The van der Waals surface area contributed by atoms with Crippen LogP contribution in [0.25, 0.3) is 22.3 Å². The molecule has 0 unspecified atom stereocenters. The summed E-state index contributed by atoms with van der Waals surface area (Å²) in [5, 5.41) is 20.8. The average molecular weight is 399 g/mol. The van der Waals surface area contributed by atoms with Gasteiger partial charge in [0.25, 0.3) is 0 Å². The second-order valence-corrected chi connectivity index (χ2v) is 6.92. The summed E-state index contributed by atoms with van der Waals surface area (Å²) >= 11 is 0. The molecule has 0 bridgehead atoms. The third-order valence-electron chi connectivity index (χ3n) is 3.66. The predicted molar refractivity (Wildman–Crippen MR) is 90.2 cm³/mol. The lowest BCUT2D eigenvalue weighted by atomic mass is 9.98. The number of nitrogens with zero attached hydrogens (tertiary/aromatic N) is 1. The highest BCUT2D eigenvalue weighted by Crippen LogP contribution is 2.47. The quantitative estimate of drug-likeness (QED) is 0.656. The molecule has 27 heavy (non-hydrogen) atoms. The summed E-state index contributed by atoms with van der Waals surface area (Å²) in [7, 11) is -6.12. The lowest BCUT2D eigenvalue weighted by Gasteiger charge is -2.10. The highest BCUT2D eigenvalue weighted by Gasteiger charge is 2.50. The minimum atomic E-state index is -6.12. The maximum Gasteiger partial charge on any atom is 0.536 e. The van der Waals surface area contributed by atoms with E-state index in [1.165, 1.54) is 24.3 Å². The first kappa shape index (κ1) is 18.6. The minimum Gasteiger partial charge on any atom is -0.492 e. The van der Waals surface area contributed by atoms with Gasteiger partial charge in [-0.15, -0.1) is 0 Å². The summed E-state index contributed by atoms with van der Waals surface area (Å²) < 4.78 is 64.4. The minimum absolute atomic E-state index is 0.0864. The van der Waals surface area contributed by atoms with E-state index in [9.17, 15) is 31.8 Å². The fourth-order valence-corrected chi connectivity index (χ4v) is 2.92. The fraction of sp³-hybridized carbons (Fsp3) is 0.0588. The third-order valence-corrected chi connectivity index (χ3v) is 4.58. The smallest absolute Gasteiger partial charge is 0.492 e. The molecule has 142 valence electrons. The van der Waals surface area contributed by atoms with Crippen LogP contribution in [0.15, 0.2) is 60.7 Å². The van der Waals surface area contributed by atoms with Gasteiger partial charge in [-0.2, -0.15) is 21.6 Å². The van der Waals surface area contributed by atoms with Crippen molar-refractivity contribution in [2.24, 2.45) is 0 Å². The van der Waals surface area contributed by atoms with Crippen LogP contribution in [0.3, 0.4) is 0 Å². The van der Waals surface area contributed by atoms with Crippen LogP contribution >= 0.6 is 0 Å². The molecule has 0 saturated heterocycles. The Balaban J connectivity index is 2.28. The van der Waals surface area contributed by atoms with E-state index >= 15 is 0 Å². The fourth-order valence-electron chi connectivity index (χ4n) is 2.49. The van der Waals surface area contributed by atoms with E-state index in [4.69, 9.17) is 0 Å². The summed E-state index contributed by atoms with van der Waals surface area (Å²) in [6.45, 7) is 0. The van der Waals surface area contributed by atoms with Crippen molar-refractivity contribution in [3.63, 3.8) is 0 Å². The molecule has 10 heteroatoms. The van der Waals surface area contributed by atoms with Gasteiger partial charge < -0.3 is 10.2 Å². The van der Waals surface area contributed by atoms with Gasteiger partial charge in [-0.3, -0.25) is 4.28 Å². The molecule has 6 nitrogen and oxygen atoms in total. The first-order valence-corrected chi connectivity index (χ1v) is 8.83. The first-order valence-electron chi connectivity index (χ1n) is 7.42. The molecule has 0 saturated carbocycles. The Morgan fingerprint density at radius 1 is 0.778 bits per heavy atom. The molecule has 3 aromatic rings. The van der Waals surface area contributed by atoms with E-state index in [-0.39, 0.29) is 15.9 Å². The Bertz CT molecular complexity index is 998. The van der Waals surface area contributed by atoms with E-state index < -0.39 is 27.4 Å². The van der Waals surface area contributed by atoms with Crippen molar-refractivity contribution < 1.29 is 36.1 Å². The maximum absolute atomic E-state index is 12.6. The van der Waals surface area contributed by atoms with E-state index in [1.807, 2.05) is 0 Å². The summed E-state index contributed by atoms with van der Waals surface area (Å²) in [5.41, 5.74) is -5.25. The molecule has 0 aliphatic carbocycles. The molecule has 0 aliphatic heterocycles. The molecule has 2 N–H and O–H groups in total. The van der Waals surface area contributed by atoms with Crippen LogP contribution in [-0.2, 0) is 10.1 Å². The zero-order valence-corrected chi connectivity index (χ0v) is 14.2. The molecule has 1 aromatic heterocycles. The highest BCUT2D eigenvalue weighted by atomic mass is 32.2. The molecule has 0 atom stereocenters. The normalized spacial score (nSPS) is 12.1. The Labute approximate surface area is 151 Å². The van der Waals surface area contributed by atoms with E-state index in [0.717, 1.165) is 0 Å². The van der Waals surface area contributed by atoms with Crippen molar-refractivity contribution in [3.05, 3.63) is 60.7 Å². The van der Waals surface area contributed by atoms with Crippen LogP contribution in [0.4, 0.5) is 13.2 Å². The van der Waals surface area contributed by atoms with E-state index in [1.54, 1.807) is 36.4 Å². The van der Waals surface area contributed by atoms with Gasteiger partial charge in [0.05, 0.1) is 11.1 Å². The number of aromatic hydroxyl groups is 2. The lowest BCUT2D eigenvalue weighted by molar-refractivity contribution is -0.0554. The average Bonchev–Trinajstić information content (AvgIpc) is 2.86. The van der Waals surface area contributed by atoms with Crippen LogP contribution in [0.5, 0.6) is 11.8 Å². The molecule has 0 radical (unpaired) electrons. The first-order chi connectivity index (χ1) is 12.6. The molecule has 0 fully saturated rings. The van der Waals surface area contributed by atoms with E-state index in [0.29, 0.717) is 11.1 Å². The van der Waals surface area contributed by atoms with Gasteiger partial charge in [-0.05, 0) is 11.1 Å². The van der Waals surface area contributed by atoms with Gasteiger partial charge in [-0.1, -0.05) is 65.4 Å². The van der Waals surface area contributed by atoms with Gasteiger partial charge in [0, 0.05) is 0 Å². The van der Waals surface area contributed by atoms with Crippen LogP contribution in [0, 0.1) is 0 Å². The van der Waals surface area contributed by atoms with Crippen LogP contribution in [-0.4, -0.2) is 28.9 Å². The number of aromatic nitrogens is 1. The van der Waals surface area contributed by atoms with Crippen LogP contribution in [0.2, 0.25) is 0 Å². The number of hydrogen-bond acceptors (Lipinski definition) is 5. The molecule has 1 heterocycles. The molecular formula is C17H12F3NO5S. The van der Waals surface area contributed by atoms with Crippen molar-refractivity contribution >= 4 is 10.1 Å². The number of rotatable bonds is 4. The second kappa shape index (κ2) is 6.54. The van der Waals surface area contributed by atoms with E-state index in [2.05, 4.69) is 4.28 Å². The number of benzene rings is 2. The second-order valence-electron chi connectivity index (χ2n) is 5.40. The standard InChI is InChI=1S/C17H12F3NO5S/c18-17(19,20)27(24,25)26-21-15(22)13(11-7-3-1-4-8-11)14(16(21)23)12-9-5-2-6-10-12/h1-10,22-23H. The van der Waals surface area contributed by atoms with Crippen molar-refractivity contribution in [1.82, 2.24) is 4.73 Å². The van der Waals surface area contributed by atoms with Gasteiger partial charge in [-0.25, -0.2) is 0 Å². The predicted octanol–water partition coefficient (Wildman–Crippen LogP) is 3.51. The monoisotopic (exact) mass is 399 g/mol. The topological polar surface area (TPSA) is 88.8 Å². The third kappa shape index (κ3) is 3.31. The molecule has 0 aliphatic rings. The lowest BCUT2D eigenvalue weighted by Crippen LogP contribution is -2.32. The van der Waals surface area contributed by atoms with Crippen molar-refractivity contribution in [1.29, 1.82) is 0 Å². The van der Waals surface area contributed by atoms with Crippen molar-refractivity contribution in [2.75, 3.05) is 0 Å². The number of alkyl halides is 3. The van der Waals surface area contributed by atoms with Gasteiger partial charge >= 0.3 is 15.6 Å². The molecule has 3 rings (SSSR count). The Hall–Kier alpha value is -3.14. The van der Waals surface area contributed by atoms with Crippen LogP contribution < -0.4 is 4.28 Å². The summed E-state index contributed by atoms with van der Waals surface area (Å²) in [5.74, 6) is -1.99. The molecule has 0 spiro atoms. The van der Waals surface area contributed by atoms with Gasteiger partial charge in [0.15, 0.2) is 0 Å². The molecule has 0 amide bonds. The molecular weight excluding hydrogens is 387 g/mol. The Morgan fingerprint density at radius 2 is 1.15 bits per heavy atom. The number of halogens is 3. The highest BCUT2D eigenvalue weighted by molar-refractivity contribution is 7.87. The summed E-state index contributed by atoms with van der Waals surface area (Å²) in [6.07, 6.45) is 0. The zero-order valence-electron chi connectivity index (χ0n) is 13.4.